The number of aromatic nitrogens is 1. The summed E-state index contributed by atoms with van der Waals surface area (Å²) in [6.45, 7) is 2.80. The van der Waals surface area contributed by atoms with E-state index >= 15 is 0 Å². The van der Waals surface area contributed by atoms with Crippen molar-refractivity contribution >= 4 is 17.2 Å². The normalized spacial score (nSPS) is 10.3. The van der Waals surface area contributed by atoms with Crippen LogP contribution >= 0.6 is 11.3 Å². The van der Waals surface area contributed by atoms with Crippen molar-refractivity contribution < 1.29 is 4.79 Å². The third-order valence-corrected chi connectivity index (χ3v) is 3.66. The molecule has 0 saturated carbocycles. The van der Waals surface area contributed by atoms with E-state index in [4.69, 9.17) is 5.73 Å². The molecule has 1 heterocycles. The number of nitrogens with two attached hydrogens (primary N) is 1. The number of carbonyl (C=O) groups excluding carboxylic acids is 1. The van der Waals surface area contributed by atoms with E-state index in [1.54, 1.807) is 5.51 Å². The number of rotatable bonds is 4. The molecule has 94 valence electrons. The number of nitrogens with one attached hydrogen (secondary N) is 1. The smallest absolute Gasteiger partial charge is 0.263 e. The summed E-state index contributed by atoms with van der Waals surface area (Å²) in [6.07, 6.45) is 0. The number of benzene rings is 1. The van der Waals surface area contributed by atoms with E-state index in [9.17, 15) is 4.79 Å². The first-order valence-corrected chi connectivity index (χ1v) is 6.55. The molecule has 2 rings (SSSR count). The molecular formula is C13H15N3OS. The van der Waals surface area contributed by atoms with Crippen LogP contribution in [0.4, 0.5) is 0 Å². The first-order chi connectivity index (χ1) is 8.72. The maximum absolute atomic E-state index is 11.9. The predicted molar refractivity (Wildman–Crippen MR) is 72.4 cm³/mol. The van der Waals surface area contributed by atoms with Crippen LogP contribution in [0.15, 0.2) is 29.8 Å². The number of thiazole rings is 1. The molecular weight excluding hydrogens is 246 g/mol. The van der Waals surface area contributed by atoms with Crippen LogP contribution in [0.25, 0.3) is 0 Å². The van der Waals surface area contributed by atoms with Gasteiger partial charge in [-0.1, -0.05) is 24.3 Å². The van der Waals surface area contributed by atoms with Gasteiger partial charge in [0.15, 0.2) is 0 Å². The Morgan fingerprint density at radius 1 is 1.39 bits per heavy atom. The molecule has 0 aliphatic rings. The summed E-state index contributed by atoms with van der Waals surface area (Å²) < 4.78 is 0. The molecule has 0 saturated heterocycles. The second-order valence-corrected chi connectivity index (χ2v) is 4.78. The molecule has 0 bridgehead atoms. The topological polar surface area (TPSA) is 68.0 Å². The van der Waals surface area contributed by atoms with Crippen molar-refractivity contribution in [3.63, 3.8) is 0 Å². The number of nitrogens with zero attached hydrogens (tertiary/aromatic N) is 1. The van der Waals surface area contributed by atoms with Crippen LogP contribution in [0.1, 0.15) is 26.5 Å². The van der Waals surface area contributed by atoms with Crippen molar-refractivity contribution in [2.45, 2.75) is 20.0 Å². The Morgan fingerprint density at radius 3 is 2.72 bits per heavy atom. The molecule has 18 heavy (non-hydrogen) atoms. The second kappa shape index (κ2) is 5.75. The number of hydrogen-bond acceptors (Lipinski definition) is 4. The summed E-state index contributed by atoms with van der Waals surface area (Å²) in [7, 11) is 0. The van der Waals surface area contributed by atoms with Crippen molar-refractivity contribution in [2.75, 3.05) is 0 Å². The summed E-state index contributed by atoms with van der Waals surface area (Å²) in [6, 6.07) is 7.83. The fraction of sp³-hybridized carbons (Fsp3) is 0.231. The maximum atomic E-state index is 11.9. The number of amides is 1. The lowest BCUT2D eigenvalue weighted by Gasteiger charge is -2.08. The van der Waals surface area contributed by atoms with Crippen molar-refractivity contribution in [3.8, 4) is 0 Å². The SMILES string of the molecule is Cc1ncsc1C(=O)NCc1ccccc1CN. The minimum Gasteiger partial charge on any atom is -0.347 e. The Morgan fingerprint density at radius 2 is 2.11 bits per heavy atom. The minimum absolute atomic E-state index is 0.0816. The van der Waals surface area contributed by atoms with Crippen LogP contribution in [0.2, 0.25) is 0 Å². The van der Waals surface area contributed by atoms with Crippen LogP contribution in [0.3, 0.4) is 0 Å². The van der Waals surface area contributed by atoms with Gasteiger partial charge in [0, 0.05) is 13.1 Å². The second-order valence-electron chi connectivity index (χ2n) is 3.92. The molecule has 1 amide bonds. The van der Waals surface area contributed by atoms with E-state index in [1.165, 1.54) is 11.3 Å². The highest BCUT2D eigenvalue weighted by molar-refractivity contribution is 7.11. The summed E-state index contributed by atoms with van der Waals surface area (Å²) in [5.41, 5.74) is 10.2. The number of aryl methyl sites for hydroxylation is 1. The van der Waals surface area contributed by atoms with Gasteiger partial charge in [-0.15, -0.1) is 11.3 Å². The Balaban J connectivity index is 2.04. The Hall–Kier alpha value is -1.72. The zero-order chi connectivity index (χ0) is 13.0. The third kappa shape index (κ3) is 2.75. The van der Waals surface area contributed by atoms with E-state index < -0.39 is 0 Å². The first-order valence-electron chi connectivity index (χ1n) is 5.67. The average Bonchev–Trinajstić information content (AvgIpc) is 2.82. The largest absolute Gasteiger partial charge is 0.347 e. The lowest BCUT2D eigenvalue weighted by molar-refractivity contribution is 0.0954. The first kappa shape index (κ1) is 12.7. The number of hydrogen-bond donors (Lipinski definition) is 2. The Labute approximate surface area is 110 Å². The van der Waals surface area contributed by atoms with Gasteiger partial charge in [0.05, 0.1) is 11.2 Å². The van der Waals surface area contributed by atoms with E-state index in [0.717, 1.165) is 16.8 Å². The molecule has 0 aliphatic heterocycles. The molecule has 4 nitrogen and oxygen atoms in total. The number of carbonyl (C=O) groups is 1. The fourth-order valence-electron chi connectivity index (χ4n) is 1.70. The Kier molecular flexibility index (Phi) is 4.07. The maximum Gasteiger partial charge on any atom is 0.263 e. The molecule has 1 aromatic heterocycles. The molecule has 0 atom stereocenters. The molecule has 0 fully saturated rings. The quantitative estimate of drug-likeness (QED) is 0.882. The van der Waals surface area contributed by atoms with Crippen molar-refractivity contribution in [3.05, 3.63) is 51.5 Å². The molecule has 0 unspecified atom stereocenters. The van der Waals surface area contributed by atoms with Crippen molar-refractivity contribution in [1.82, 2.24) is 10.3 Å². The lowest BCUT2D eigenvalue weighted by atomic mass is 10.1. The van der Waals surface area contributed by atoms with E-state index in [0.29, 0.717) is 18.0 Å². The summed E-state index contributed by atoms with van der Waals surface area (Å²) in [5.74, 6) is -0.0816. The monoisotopic (exact) mass is 261 g/mol. The van der Waals surface area contributed by atoms with Crippen molar-refractivity contribution in [1.29, 1.82) is 0 Å². The van der Waals surface area contributed by atoms with Crippen molar-refractivity contribution in [2.24, 2.45) is 5.73 Å². The van der Waals surface area contributed by atoms with Gasteiger partial charge in [-0.25, -0.2) is 4.98 Å². The zero-order valence-electron chi connectivity index (χ0n) is 10.1. The highest BCUT2D eigenvalue weighted by Gasteiger charge is 2.11. The van der Waals surface area contributed by atoms with Crippen LogP contribution in [0.5, 0.6) is 0 Å². The van der Waals surface area contributed by atoms with Crippen LogP contribution < -0.4 is 11.1 Å². The molecule has 0 aliphatic carbocycles. The van der Waals surface area contributed by atoms with Gasteiger partial charge in [-0.05, 0) is 18.1 Å². The van der Waals surface area contributed by atoms with Crippen LogP contribution in [-0.4, -0.2) is 10.9 Å². The molecule has 3 N–H and O–H groups in total. The summed E-state index contributed by atoms with van der Waals surface area (Å²) in [4.78, 5) is 16.7. The summed E-state index contributed by atoms with van der Waals surface area (Å²) >= 11 is 1.35. The standard InChI is InChI=1S/C13H15N3OS/c1-9-12(18-8-16-9)13(17)15-7-11-5-3-2-4-10(11)6-14/h2-5,8H,6-7,14H2,1H3,(H,15,17). The zero-order valence-corrected chi connectivity index (χ0v) is 11.0. The predicted octanol–water partition coefficient (Wildman–Crippen LogP) is 1.84. The molecule has 0 radical (unpaired) electrons. The molecule has 2 aromatic rings. The molecule has 5 heteroatoms. The van der Waals surface area contributed by atoms with Gasteiger partial charge in [-0.2, -0.15) is 0 Å². The van der Waals surface area contributed by atoms with E-state index in [2.05, 4.69) is 10.3 Å². The van der Waals surface area contributed by atoms with E-state index in [-0.39, 0.29) is 5.91 Å². The molecule has 1 aromatic carbocycles. The highest BCUT2D eigenvalue weighted by Crippen LogP contribution is 2.13. The third-order valence-electron chi connectivity index (χ3n) is 2.73. The summed E-state index contributed by atoms with van der Waals surface area (Å²) in [5, 5.41) is 2.89. The van der Waals surface area contributed by atoms with Gasteiger partial charge < -0.3 is 11.1 Å². The Bertz CT molecular complexity index is 551. The van der Waals surface area contributed by atoms with Crippen LogP contribution in [-0.2, 0) is 13.1 Å². The minimum atomic E-state index is -0.0816. The van der Waals surface area contributed by atoms with E-state index in [1.807, 2.05) is 31.2 Å². The fourth-order valence-corrected chi connectivity index (χ4v) is 2.42. The van der Waals surface area contributed by atoms with Gasteiger partial charge in [0.25, 0.3) is 5.91 Å². The average molecular weight is 261 g/mol. The van der Waals surface area contributed by atoms with Gasteiger partial charge in [-0.3, -0.25) is 4.79 Å². The van der Waals surface area contributed by atoms with Gasteiger partial charge in [0.2, 0.25) is 0 Å². The van der Waals surface area contributed by atoms with Crippen LogP contribution in [0, 0.1) is 6.92 Å². The highest BCUT2D eigenvalue weighted by atomic mass is 32.1. The van der Waals surface area contributed by atoms with Gasteiger partial charge in [0.1, 0.15) is 4.88 Å². The van der Waals surface area contributed by atoms with Gasteiger partial charge >= 0.3 is 0 Å². The molecule has 0 spiro atoms. The lowest BCUT2D eigenvalue weighted by Crippen LogP contribution is -2.23.